The SMILES string of the molecule is C/C=C(\CCC(C)C1CCC2C3CC=C4CC(OC5OC(COC(=O)CCCCCCC/C=C/C/C=C/CCCCC)C(O)C(O)C5O)CCC4(C)C3CCC12C)C(C)C. The van der Waals surface area contributed by atoms with Crippen LogP contribution in [-0.4, -0.2) is 64.7 Å². The molecule has 4 aliphatic carbocycles. The van der Waals surface area contributed by atoms with E-state index in [1.54, 1.807) is 5.57 Å². The fourth-order valence-corrected chi connectivity index (χ4v) is 12.8. The highest BCUT2D eigenvalue weighted by Gasteiger charge is 2.59. The van der Waals surface area contributed by atoms with Crippen LogP contribution >= 0.6 is 0 Å². The average Bonchev–Trinajstić information content (AvgIpc) is 3.59. The fraction of sp³-hybridized carbons (Fsp3) is 0.830. The molecule has 0 bridgehead atoms. The number of fused-ring (bicyclic) bond motifs is 5. The maximum absolute atomic E-state index is 12.6. The van der Waals surface area contributed by atoms with Crippen LogP contribution in [0.4, 0.5) is 0 Å². The molecule has 0 amide bonds. The highest BCUT2D eigenvalue weighted by atomic mass is 16.7. The zero-order chi connectivity index (χ0) is 43.3. The topological polar surface area (TPSA) is 105 Å². The molecule has 13 unspecified atom stereocenters. The zero-order valence-corrected chi connectivity index (χ0v) is 39.1. The number of aliphatic hydroxyl groups is 3. The Morgan fingerprint density at radius 1 is 0.850 bits per heavy atom. The summed E-state index contributed by atoms with van der Waals surface area (Å²) in [6, 6.07) is 0. The van der Waals surface area contributed by atoms with Gasteiger partial charge in [-0.25, -0.2) is 0 Å². The van der Waals surface area contributed by atoms with E-state index in [0.29, 0.717) is 23.7 Å². The van der Waals surface area contributed by atoms with Gasteiger partial charge in [-0.05, 0) is 156 Å². The third-order valence-corrected chi connectivity index (χ3v) is 16.6. The van der Waals surface area contributed by atoms with Gasteiger partial charge in [-0.2, -0.15) is 0 Å². The molecule has 4 fully saturated rings. The Hall–Kier alpha value is -1.77. The van der Waals surface area contributed by atoms with Gasteiger partial charge in [0.1, 0.15) is 31.0 Å². The lowest BCUT2D eigenvalue weighted by Crippen LogP contribution is -2.60. The normalized spacial score (nSPS) is 36.3. The molecule has 1 heterocycles. The third-order valence-electron chi connectivity index (χ3n) is 16.6. The molecule has 7 nitrogen and oxygen atoms in total. The molecule has 13 atom stereocenters. The highest BCUT2D eigenvalue weighted by Crippen LogP contribution is 2.67. The molecule has 0 spiro atoms. The first-order valence-corrected chi connectivity index (χ1v) is 25.0. The van der Waals surface area contributed by atoms with Gasteiger partial charge in [0.2, 0.25) is 0 Å². The Labute approximate surface area is 366 Å². The Kier molecular flexibility index (Phi) is 19.5. The summed E-state index contributed by atoms with van der Waals surface area (Å²) in [7, 11) is 0. The molecule has 60 heavy (non-hydrogen) atoms. The van der Waals surface area contributed by atoms with Gasteiger partial charge < -0.3 is 29.5 Å². The van der Waals surface area contributed by atoms with Crippen molar-refractivity contribution < 1.29 is 34.3 Å². The van der Waals surface area contributed by atoms with Gasteiger partial charge in [-0.15, -0.1) is 0 Å². The van der Waals surface area contributed by atoms with Crippen molar-refractivity contribution in [3.63, 3.8) is 0 Å². The van der Waals surface area contributed by atoms with Crippen LogP contribution in [0.2, 0.25) is 0 Å². The van der Waals surface area contributed by atoms with Gasteiger partial charge >= 0.3 is 5.97 Å². The summed E-state index contributed by atoms with van der Waals surface area (Å²) in [4.78, 5) is 12.6. The predicted molar refractivity (Wildman–Crippen MR) is 244 cm³/mol. The standard InChI is InChI=1S/C53H88O7/c1-8-10-11-12-13-14-15-16-17-18-19-20-21-22-23-24-47(54)58-36-46-48(55)49(56)50(57)51(60-46)59-41-31-33-52(6)40(35-41)27-28-42-44-30-29-43(53(44,7)34-32-45(42)52)38(5)25-26-39(9-2)37(3)4/h9,13-14,16-17,27,37-38,41-46,48-51,55-57H,8,10-12,15,18-26,28-36H2,1-7H3/b14-13+,17-16+,39-9+. The molecule has 342 valence electrons. The summed E-state index contributed by atoms with van der Waals surface area (Å²) in [5.74, 6) is 4.11. The van der Waals surface area contributed by atoms with Crippen molar-refractivity contribution in [1.29, 1.82) is 0 Å². The molecule has 0 aromatic heterocycles. The molecule has 0 aromatic rings. The summed E-state index contributed by atoms with van der Waals surface area (Å²) < 4.78 is 18.0. The van der Waals surface area contributed by atoms with Crippen molar-refractivity contribution in [2.45, 2.75) is 227 Å². The first-order chi connectivity index (χ1) is 28.8. The Morgan fingerprint density at radius 2 is 1.57 bits per heavy atom. The summed E-state index contributed by atoms with van der Waals surface area (Å²) in [6.07, 6.45) is 31.9. The molecular weight excluding hydrogens is 749 g/mol. The molecule has 5 rings (SSSR count). The van der Waals surface area contributed by atoms with Crippen LogP contribution in [0.1, 0.15) is 190 Å². The average molecular weight is 837 g/mol. The van der Waals surface area contributed by atoms with Crippen molar-refractivity contribution in [3.05, 3.63) is 47.6 Å². The number of esters is 1. The molecule has 0 aromatic carbocycles. The van der Waals surface area contributed by atoms with Crippen LogP contribution < -0.4 is 0 Å². The Bertz CT molecular complexity index is 1430. The molecule has 3 saturated carbocycles. The van der Waals surface area contributed by atoms with Crippen LogP contribution in [0.15, 0.2) is 47.6 Å². The van der Waals surface area contributed by atoms with E-state index >= 15 is 0 Å². The van der Waals surface area contributed by atoms with Gasteiger partial charge in [0, 0.05) is 6.42 Å². The Morgan fingerprint density at radius 3 is 2.28 bits per heavy atom. The second-order valence-corrected chi connectivity index (χ2v) is 20.7. The molecule has 1 saturated heterocycles. The summed E-state index contributed by atoms with van der Waals surface area (Å²) in [6.45, 7) is 16.6. The van der Waals surface area contributed by atoms with E-state index in [4.69, 9.17) is 14.2 Å². The van der Waals surface area contributed by atoms with Gasteiger partial charge in [-0.1, -0.05) is 121 Å². The van der Waals surface area contributed by atoms with E-state index in [2.05, 4.69) is 84.9 Å². The molecule has 7 heteroatoms. The predicted octanol–water partition coefficient (Wildman–Crippen LogP) is 12.1. The van der Waals surface area contributed by atoms with E-state index in [0.717, 1.165) is 94.3 Å². The van der Waals surface area contributed by atoms with Gasteiger partial charge in [0.15, 0.2) is 6.29 Å². The number of unbranched alkanes of at least 4 members (excludes halogenated alkanes) is 8. The lowest BCUT2D eigenvalue weighted by molar-refractivity contribution is -0.313. The molecule has 5 aliphatic rings. The minimum absolute atomic E-state index is 0.150. The number of hydrogen-bond acceptors (Lipinski definition) is 7. The minimum Gasteiger partial charge on any atom is -0.463 e. The quantitative estimate of drug-likeness (QED) is 0.0535. The summed E-state index contributed by atoms with van der Waals surface area (Å²) in [5, 5.41) is 32.5. The van der Waals surface area contributed by atoms with Gasteiger partial charge in [0.25, 0.3) is 0 Å². The summed E-state index contributed by atoms with van der Waals surface area (Å²) in [5.41, 5.74) is 3.69. The van der Waals surface area contributed by atoms with Crippen LogP contribution in [0.25, 0.3) is 0 Å². The maximum atomic E-state index is 12.6. The highest BCUT2D eigenvalue weighted by molar-refractivity contribution is 5.69. The largest absolute Gasteiger partial charge is 0.463 e. The minimum atomic E-state index is -1.45. The van der Waals surface area contributed by atoms with E-state index < -0.39 is 30.7 Å². The number of carbonyl (C=O) groups excluding carboxylic acids is 1. The number of ether oxygens (including phenoxy) is 3. The van der Waals surface area contributed by atoms with Crippen molar-refractivity contribution in [2.24, 2.45) is 46.3 Å². The third kappa shape index (κ3) is 12.5. The van der Waals surface area contributed by atoms with Crippen molar-refractivity contribution >= 4 is 5.97 Å². The van der Waals surface area contributed by atoms with Crippen LogP contribution in [0.3, 0.4) is 0 Å². The number of hydrogen-bond donors (Lipinski definition) is 3. The van der Waals surface area contributed by atoms with E-state index in [1.165, 1.54) is 69.8 Å². The fourth-order valence-electron chi connectivity index (χ4n) is 12.8. The maximum Gasteiger partial charge on any atom is 0.305 e. The van der Waals surface area contributed by atoms with Gasteiger partial charge in [0.05, 0.1) is 6.10 Å². The van der Waals surface area contributed by atoms with Crippen LogP contribution in [0, 0.1) is 46.3 Å². The molecule has 0 radical (unpaired) electrons. The Balaban J connectivity index is 1.03. The number of carbonyl (C=O) groups is 1. The first-order valence-electron chi connectivity index (χ1n) is 25.0. The summed E-state index contributed by atoms with van der Waals surface area (Å²) >= 11 is 0. The zero-order valence-electron chi connectivity index (χ0n) is 39.1. The number of rotatable bonds is 23. The van der Waals surface area contributed by atoms with E-state index in [1.807, 2.05) is 0 Å². The second-order valence-electron chi connectivity index (χ2n) is 20.7. The smallest absolute Gasteiger partial charge is 0.305 e. The van der Waals surface area contributed by atoms with E-state index in [-0.39, 0.29) is 24.1 Å². The molecule has 3 N–H and O–H groups in total. The monoisotopic (exact) mass is 837 g/mol. The first kappa shape index (κ1) is 49.2. The van der Waals surface area contributed by atoms with Crippen molar-refractivity contribution in [3.8, 4) is 0 Å². The lowest BCUT2D eigenvalue weighted by Gasteiger charge is -2.58. The van der Waals surface area contributed by atoms with Crippen LogP contribution in [0.5, 0.6) is 0 Å². The second kappa shape index (κ2) is 23.8. The lowest BCUT2D eigenvalue weighted by atomic mass is 9.47. The molecule has 1 aliphatic heterocycles. The number of aliphatic hydroxyl groups excluding tert-OH is 3. The van der Waals surface area contributed by atoms with Crippen molar-refractivity contribution in [2.75, 3.05) is 6.61 Å². The van der Waals surface area contributed by atoms with Crippen molar-refractivity contribution in [1.82, 2.24) is 0 Å². The van der Waals surface area contributed by atoms with E-state index in [9.17, 15) is 20.1 Å². The number of allylic oxidation sites excluding steroid dienone is 7. The van der Waals surface area contributed by atoms with Gasteiger partial charge in [-0.3, -0.25) is 4.79 Å². The molecular formula is C53H88O7. The van der Waals surface area contributed by atoms with Crippen LogP contribution in [-0.2, 0) is 19.0 Å².